The average molecular weight is 307 g/mol. The summed E-state index contributed by atoms with van der Waals surface area (Å²) in [6.45, 7) is 6.81. The van der Waals surface area contributed by atoms with E-state index >= 15 is 0 Å². The number of hydrogen-bond donors (Lipinski definition) is 1. The Morgan fingerprint density at radius 1 is 1.41 bits per heavy atom. The van der Waals surface area contributed by atoms with Gasteiger partial charge in [0.1, 0.15) is 17.5 Å². The van der Waals surface area contributed by atoms with Crippen LogP contribution in [0.1, 0.15) is 39.2 Å². The van der Waals surface area contributed by atoms with Gasteiger partial charge in [-0.1, -0.05) is 12.1 Å². The van der Waals surface area contributed by atoms with E-state index in [1.54, 1.807) is 4.90 Å². The van der Waals surface area contributed by atoms with Gasteiger partial charge in [0.2, 0.25) is 0 Å². The molecular formula is C17H25NO4. The Balaban J connectivity index is 1.94. The summed E-state index contributed by atoms with van der Waals surface area (Å²) in [5.74, 6) is 0.725. The highest BCUT2D eigenvalue weighted by Gasteiger charge is 2.28. The fraction of sp³-hybridized carbons (Fsp3) is 0.588. The lowest BCUT2D eigenvalue weighted by molar-refractivity contribution is 0.00775. The average Bonchev–Trinajstić information content (AvgIpc) is 2.46. The van der Waals surface area contributed by atoms with Gasteiger partial charge in [-0.25, -0.2) is 4.79 Å². The summed E-state index contributed by atoms with van der Waals surface area (Å²) in [5, 5.41) is 9.17. The van der Waals surface area contributed by atoms with Crippen LogP contribution in [-0.4, -0.2) is 40.9 Å². The zero-order chi connectivity index (χ0) is 16.2. The van der Waals surface area contributed by atoms with Crippen molar-refractivity contribution in [2.24, 2.45) is 0 Å². The van der Waals surface area contributed by atoms with Crippen LogP contribution in [0.5, 0.6) is 5.75 Å². The molecule has 122 valence electrons. The van der Waals surface area contributed by atoms with E-state index in [1.807, 2.05) is 45.0 Å². The van der Waals surface area contributed by atoms with Gasteiger partial charge in [0, 0.05) is 6.54 Å². The largest absolute Gasteiger partial charge is 0.489 e. The van der Waals surface area contributed by atoms with Crippen molar-refractivity contribution in [3.05, 3.63) is 29.8 Å². The van der Waals surface area contributed by atoms with Crippen molar-refractivity contribution in [2.45, 2.75) is 51.9 Å². The highest BCUT2D eigenvalue weighted by atomic mass is 16.6. The Bertz CT molecular complexity index is 510. The molecule has 22 heavy (non-hydrogen) atoms. The first-order valence-corrected chi connectivity index (χ1v) is 7.72. The second kappa shape index (κ2) is 7.01. The standard InChI is InChI=1S/C17H25NO4/c1-17(2,3)22-16(20)18-9-5-8-15(11-18)21-14-7-4-6-13(10-14)12-19/h4,6-7,10,15,19H,5,8-9,11-12H2,1-3H3. The smallest absolute Gasteiger partial charge is 0.410 e. The fourth-order valence-electron chi connectivity index (χ4n) is 2.44. The summed E-state index contributed by atoms with van der Waals surface area (Å²) in [6, 6.07) is 7.40. The third-order valence-electron chi connectivity index (χ3n) is 3.41. The lowest BCUT2D eigenvalue weighted by Gasteiger charge is -2.34. The topological polar surface area (TPSA) is 59.0 Å². The SMILES string of the molecule is CC(C)(C)OC(=O)N1CCCC(Oc2cccc(CO)c2)C1. The predicted molar refractivity (Wildman–Crippen MR) is 83.8 cm³/mol. The summed E-state index contributed by atoms with van der Waals surface area (Å²) >= 11 is 0. The van der Waals surface area contributed by atoms with Crippen LogP contribution >= 0.6 is 0 Å². The third kappa shape index (κ3) is 4.91. The van der Waals surface area contributed by atoms with Crippen molar-refractivity contribution in [3.63, 3.8) is 0 Å². The number of nitrogens with zero attached hydrogens (tertiary/aromatic N) is 1. The predicted octanol–water partition coefficient (Wildman–Crippen LogP) is 2.96. The zero-order valence-electron chi connectivity index (χ0n) is 13.5. The molecule has 1 heterocycles. The van der Waals surface area contributed by atoms with E-state index in [1.165, 1.54) is 0 Å². The highest BCUT2D eigenvalue weighted by Crippen LogP contribution is 2.21. The maximum absolute atomic E-state index is 12.1. The number of aliphatic hydroxyl groups excluding tert-OH is 1. The molecule has 1 amide bonds. The van der Waals surface area contributed by atoms with E-state index < -0.39 is 5.60 Å². The number of hydrogen-bond acceptors (Lipinski definition) is 4. The van der Waals surface area contributed by atoms with Crippen LogP contribution in [0.25, 0.3) is 0 Å². The first-order chi connectivity index (χ1) is 10.4. The van der Waals surface area contributed by atoms with Crippen molar-refractivity contribution < 1.29 is 19.4 Å². The molecule has 0 bridgehead atoms. The number of carbonyl (C=O) groups excluding carboxylic acids is 1. The Labute approximate surface area is 131 Å². The Kier molecular flexibility index (Phi) is 5.29. The number of ether oxygens (including phenoxy) is 2. The molecule has 0 radical (unpaired) electrons. The lowest BCUT2D eigenvalue weighted by atomic mass is 10.1. The van der Waals surface area contributed by atoms with Crippen molar-refractivity contribution >= 4 is 6.09 Å². The molecule has 2 rings (SSSR count). The number of benzene rings is 1. The van der Waals surface area contributed by atoms with Gasteiger partial charge >= 0.3 is 6.09 Å². The summed E-state index contributed by atoms with van der Waals surface area (Å²) in [5.41, 5.74) is 0.331. The van der Waals surface area contributed by atoms with Crippen molar-refractivity contribution in [2.75, 3.05) is 13.1 Å². The van der Waals surface area contributed by atoms with Gasteiger partial charge in [-0.3, -0.25) is 0 Å². The molecule has 0 spiro atoms. The van der Waals surface area contributed by atoms with Gasteiger partial charge < -0.3 is 19.5 Å². The van der Waals surface area contributed by atoms with Gasteiger partial charge in [-0.15, -0.1) is 0 Å². The Morgan fingerprint density at radius 3 is 2.86 bits per heavy atom. The first-order valence-electron chi connectivity index (χ1n) is 7.72. The molecule has 1 aliphatic heterocycles. The number of rotatable bonds is 3. The Hall–Kier alpha value is -1.75. The molecular weight excluding hydrogens is 282 g/mol. The third-order valence-corrected chi connectivity index (χ3v) is 3.41. The molecule has 1 N–H and O–H groups in total. The fourth-order valence-corrected chi connectivity index (χ4v) is 2.44. The minimum Gasteiger partial charge on any atom is -0.489 e. The summed E-state index contributed by atoms with van der Waals surface area (Å²) in [6.07, 6.45) is 1.46. The minimum atomic E-state index is -0.486. The van der Waals surface area contributed by atoms with E-state index in [2.05, 4.69) is 0 Å². The summed E-state index contributed by atoms with van der Waals surface area (Å²) in [7, 11) is 0. The van der Waals surface area contributed by atoms with Crippen LogP contribution in [0.2, 0.25) is 0 Å². The maximum Gasteiger partial charge on any atom is 0.410 e. The molecule has 0 saturated carbocycles. The van der Waals surface area contributed by atoms with Crippen molar-refractivity contribution in [1.29, 1.82) is 0 Å². The molecule has 1 aromatic rings. The molecule has 1 aromatic carbocycles. The molecule has 5 heteroatoms. The number of carbonyl (C=O) groups is 1. The van der Waals surface area contributed by atoms with Crippen molar-refractivity contribution in [1.82, 2.24) is 4.90 Å². The van der Waals surface area contributed by atoms with Crippen LogP contribution in [0.15, 0.2) is 24.3 Å². The second-order valence-corrected chi connectivity index (χ2v) is 6.61. The number of amides is 1. The molecule has 1 saturated heterocycles. The van der Waals surface area contributed by atoms with Crippen LogP contribution < -0.4 is 4.74 Å². The van der Waals surface area contributed by atoms with E-state index in [0.717, 1.165) is 24.2 Å². The zero-order valence-corrected chi connectivity index (χ0v) is 13.5. The number of piperidine rings is 1. The molecule has 0 aliphatic carbocycles. The lowest BCUT2D eigenvalue weighted by Crippen LogP contribution is -2.46. The molecule has 1 aliphatic rings. The number of likely N-dealkylation sites (tertiary alicyclic amines) is 1. The molecule has 5 nitrogen and oxygen atoms in total. The highest BCUT2D eigenvalue weighted by molar-refractivity contribution is 5.68. The van der Waals surface area contributed by atoms with Gasteiger partial charge in [0.25, 0.3) is 0 Å². The van der Waals surface area contributed by atoms with Gasteiger partial charge in [-0.2, -0.15) is 0 Å². The van der Waals surface area contributed by atoms with E-state index in [0.29, 0.717) is 13.1 Å². The van der Waals surface area contributed by atoms with Crippen LogP contribution in [0, 0.1) is 0 Å². The van der Waals surface area contributed by atoms with Crippen LogP contribution in [0.4, 0.5) is 4.79 Å². The summed E-state index contributed by atoms with van der Waals surface area (Å²) in [4.78, 5) is 13.8. The van der Waals surface area contributed by atoms with Crippen LogP contribution in [0.3, 0.4) is 0 Å². The maximum atomic E-state index is 12.1. The molecule has 1 unspecified atom stereocenters. The van der Waals surface area contributed by atoms with Gasteiger partial charge in [0.15, 0.2) is 0 Å². The quantitative estimate of drug-likeness (QED) is 0.932. The monoisotopic (exact) mass is 307 g/mol. The van der Waals surface area contributed by atoms with Crippen molar-refractivity contribution in [3.8, 4) is 5.75 Å². The normalized spacial score (nSPS) is 18.9. The van der Waals surface area contributed by atoms with Gasteiger partial charge in [-0.05, 0) is 51.3 Å². The van der Waals surface area contributed by atoms with E-state index in [4.69, 9.17) is 14.6 Å². The summed E-state index contributed by atoms with van der Waals surface area (Å²) < 4.78 is 11.4. The molecule has 1 fully saturated rings. The first kappa shape index (κ1) is 16.6. The minimum absolute atomic E-state index is 0.00804. The Morgan fingerprint density at radius 2 is 2.18 bits per heavy atom. The number of aliphatic hydroxyl groups is 1. The second-order valence-electron chi connectivity index (χ2n) is 6.61. The van der Waals surface area contributed by atoms with E-state index in [-0.39, 0.29) is 18.8 Å². The van der Waals surface area contributed by atoms with E-state index in [9.17, 15) is 4.79 Å². The molecule has 1 atom stereocenters. The van der Waals surface area contributed by atoms with Crippen LogP contribution in [-0.2, 0) is 11.3 Å². The molecule has 0 aromatic heterocycles. The van der Waals surface area contributed by atoms with Gasteiger partial charge in [0.05, 0.1) is 13.2 Å².